The summed E-state index contributed by atoms with van der Waals surface area (Å²) in [6.45, 7) is 7.33. The molecule has 4 nitrogen and oxygen atoms in total. The molecule has 124 valence electrons. The van der Waals surface area contributed by atoms with Crippen LogP contribution in [0.4, 0.5) is 5.69 Å². The van der Waals surface area contributed by atoms with Crippen LogP contribution in [0.25, 0.3) is 16.7 Å². The Hall–Kier alpha value is -3.27. The lowest BCUT2D eigenvalue weighted by atomic mass is 9.97. The monoisotopic (exact) mass is 331 g/mol. The Morgan fingerprint density at radius 3 is 1.96 bits per heavy atom. The molecule has 4 heteroatoms. The number of benzene rings is 2. The zero-order valence-corrected chi connectivity index (χ0v) is 14.1. The van der Waals surface area contributed by atoms with Crippen molar-refractivity contribution >= 4 is 28.9 Å². The Labute approximate surface area is 146 Å². The number of rotatable bonds is 4. The predicted octanol–water partition coefficient (Wildman–Crippen LogP) is 4.02. The van der Waals surface area contributed by atoms with Crippen molar-refractivity contribution in [2.45, 2.75) is 13.8 Å². The molecule has 0 unspecified atom stereocenters. The first-order valence-corrected chi connectivity index (χ1v) is 7.86. The number of amides is 2. The lowest BCUT2D eigenvalue weighted by Crippen LogP contribution is -2.30. The third-order valence-corrected chi connectivity index (χ3v) is 4.13. The molecule has 2 aromatic rings. The molecule has 0 N–H and O–H groups in total. The molecule has 1 heterocycles. The minimum absolute atomic E-state index is 0.0167. The van der Waals surface area contributed by atoms with Crippen LogP contribution in [0, 0.1) is 0 Å². The summed E-state index contributed by atoms with van der Waals surface area (Å²) < 4.78 is 0. The average molecular weight is 331 g/mol. The smallest absolute Gasteiger partial charge is 0.258 e. The Balaban J connectivity index is 2.05. The number of allylic oxidation sites excluding steroid dienone is 1. The highest BCUT2D eigenvalue weighted by Crippen LogP contribution is 2.33. The zero-order chi connectivity index (χ0) is 18.1. The maximum atomic E-state index is 12.0. The molecule has 0 aliphatic carbocycles. The number of hydrogen-bond donors (Lipinski definition) is 0. The van der Waals surface area contributed by atoms with E-state index in [1.165, 1.54) is 19.1 Å². The van der Waals surface area contributed by atoms with Crippen LogP contribution in [-0.4, -0.2) is 17.6 Å². The fourth-order valence-electron chi connectivity index (χ4n) is 2.79. The van der Waals surface area contributed by atoms with Crippen molar-refractivity contribution in [2.75, 3.05) is 4.90 Å². The molecule has 0 aromatic heterocycles. The molecule has 0 spiro atoms. The Morgan fingerprint density at radius 1 is 0.880 bits per heavy atom. The molecular formula is C21H17NO3. The maximum absolute atomic E-state index is 12.0. The lowest BCUT2D eigenvalue weighted by molar-refractivity contribution is -0.119. The second kappa shape index (κ2) is 6.32. The van der Waals surface area contributed by atoms with Crippen LogP contribution < -0.4 is 4.90 Å². The summed E-state index contributed by atoms with van der Waals surface area (Å²) in [4.78, 5) is 36.5. The van der Waals surface area contributed by atoms with Gasteiger partial charge >= 0.3 is 0 Å². The van der Waals surface area contributed by atoms with Gasteiger partial charge in [0.15, 0.2) is 5.78 Å². The number of carbonyl (C=O) groups is 3. The van der Waals surface area contributed by atoms with Gasteiger partial charge in [-0.3, -0.25) is 14.4 Å². The third-order valence-electron chi connectivity index (χ3n) is 4.13. The SMILES string of the molecule is C=C(C)c1cc(-c2ccc(C(C)=O)cc2)ccc1N1C(=O)C=CC1=O. The zero-order valence-electron chi connectivity index (χ0n) is 14.1. The first kappa shape index (κ1) is 16.6. The molecule has 0 saturated heterocycles. The summed E-state index contributed by atoms with van der Waals surface area (Å²) in [6.07, 6.45) is 2.53. The van der Waals surface area contributed by atoms with Gasteiger partial charge in [-0.2, -0.15) is 0 Å². The van der Waals surface area contributed by atoms with E-state index in [-0.39, 0.29) is 17.6 Å². The minimum atomic E-state index is -0.355. The molecule has 1 aliphatic heterocycles. The number of imide groups is 1. The van der Waals surface area contributed by atoms with Gasteiger partial charge in [-0.15, -0.1) is 0 Å². The highest BCUT2D eigenvalue weighted by atomic mass is 16.2. The molecule has 3 rings (SSSR count). The molecule has 2 aromatic carbocycles. The van der Waals surface area contributed by atoms with Crippen LogP contribution >= 0.6 is 0 Å². The summed E-state index contributed by atoms with van der Waals surface area (Å²) >= 11 is 0. The van der Waals surface area contributed by atoms with E-state index < -0.39 is 0 Å². The Morgan fingerprint density at radius 2 is 1.44 bits per heavy atom. The van der Waals surface area contributed by atoms with Crippen LogP contribution in [0.3, 0.4) is 0 Å². The van der Waals surface area contributed by atoms with Crippen molar-refractivity contribution in [1.29, 1.82) is 0 Å². The largest absolute Gasteiger partial charge is 0.295 e. The quantitative estimate of drug-likeness (QED) is 0.628. The molecular weight excluding hydrogens is 314 g/mol. The van der Waals surface area contributed by atoms with Gasteiger partial charge in [0.05, 0.1) is 5.69 Å². The third kappa shape index (κ3) is 3.06. The van der Waals surface area contributed by atoms with Crippen LogP contribution in [-0.2, 0) is 9.59 Å². The standard InChI is InChI=1S/C21H17NO3/c1-13(2)18-12-17(16-6-4-15(5-7-16)14(3)23)8-9-19(18)22-20(24)10-11-21(22)25/h4-12H,1H2,2-3H3. The van der Waals surface area contributed by atoms with Gasteiger partial charge in [-0.05, 0) is 42.7 Å². The minimum Gasteiger partial charge on any atom is -0.295 e. The van der Waals surface area contributed by atoms with Crippen LogP contribution in [0.2, 0.25) is 0 Å². The van der Waals surface area contributed by atoms with Gasteiger partial charge in [-0.25, -0.2) is 4.90 Å². The van der Waals surface area contributed by atoms with Gasteiger partial charge in [0.25, 0.3) is 11.8 Å². The van der Waals surface area contributed by atoms with Gasteiger partial charge < -0.3 is 0 Å². The second-order valence-electron chi connectivity index (χ2n) is 5.99. The van der Waals surface area contributed by atoms with Gasteiger partial charge in [0.2, 0.25) is 0 Å². The van der Waals surface area contributed by atoms with E-state index in [0.29, 0.717) is 11.3 Å². The molecule has 1 aliphatic rings. The van der Waals surface area contributed by atoms with Crippen molar-refractivity contribution < 1.29 is 14.4 Å². The molecule has 0 radical (unpaired) electrons. The van der Waals surface area contributed by atoms with E-state index in [1.54, 1.807) is 18.2 Å². The summed E-state index contributed by atoms with van der Waals surface area (Å²) in [6, 6.07) is 12.8. The van der Waals surface area contributed by atoms with Gasteiger partial charge in [0, 0.05) is 23.3 Å². The van der Waals surface area contributed by atoms with E-state index in [4.69, 9.17) is 0 Å². The van der Waals surface area contributed by atoms with E-state index in [1.807, 2.05) is 31.2 Å². The van der Waals surface area contributed by atoms with Crippen molar-refractivity contribution in [3.05, 3.63) is 72.3 Å². The van der Waals surface area contributed by atoms with E-state index in [0.717, 1.165) is 27.2 Å². The first-order valence-electron chi connectivity index (χ1n) is 7.86. The van der Waals surface area contributed by atoms with Gasteiger partial charge in [-0.1, -0.05) is 36.9 Å². The molecule has 0 fully saturated rings. The molecule has 0 atom stereocenters. The molecule has 0 saturated carbocycles. The highest BCUT2D eigenvalue weighted by molar-refractivity contribution is 6.28. The van der Waals surface area contributed by atoms with Crippen molar-refractivity contribution in [2.24, 2.45) is 0 Å². The number of ketones is 1. The van der Waals surface area contributed by atoms with Crippen LogP contribution in [0.15, 0.2) is 61.2 Å². The average Bonchev–Trinajstić information content (AvgIpc) is 2.93. The number of carbonyl (C=O) groups excluding carboxylic acids is 3. The number of Topliss-reactive ketones (excluding diaryl/α,β-unsaturated/α-hetero) is 1. The summed E-state index contributed by atoms with van der Waals surface area (Å²) in [5.41, 5.74) is 4.53. The summed E-state index contributed by atoms with van der Waals surface area (Å²) in [5, 5.41) is 0. The number of hydrogen-bond acceptors (Lipinski definition) is 3. The topological polar surface area (TPSA) is 54.5 Å². The van der Waals surface area contributed by atoms with Crippen molar-refractivity contribution in [1.82, 2.24) is 0 Å². The second-order valence-corrected chi connectivity index (χ2v) is 5.99. The van der Waals surface area contributed by atoms with Crippen molar-refractivity contribution in [3.8, 4) is 11.1 Å². The number of nitrogens with zero attached hydrogens (tertiary/aromatic N) is 1. The van der Waals surface area contributed by atoms with Crippen LogP contribution in [0.5, 0.6) is 0 Å². The lowest BCUT2D eigenvalue weighted by Gasteiger charge is -2.19. The fourth-order valence-corrected chi connectivity index (χ4v) is 2.79. The van der Waals surface area contributed by atoms with E-state index in [9.17, 15) is 14.4 Å². The summed E-state index contributed by atoms with van der Waals surface area (Å²) in [7, 11) is 0. The maximum Gasteiger partial charge on any atom is 0.258 e. The highest BCUT2D eigenvalue weighted by Gasteiger charge is 2.27. The molecule has 0 bridgehead atoms. The van der Waals surface area contributed by atoms with E-state index in [2.05, 4.69) is 6.58 Å². The predicted molar refractivity (Wildman–Crippen MR) is 98.2 cm³/mol. The fraction of sp³-hybridized carbons (Fsp3) is 0.0952. The van der Waals surface area contributed by atoms with Gasteiger partial charge in [0.1, 0.15) is 0 Å². The molecule has 25 heavy (non-hydrogen) atoms. The number of anilines is 1. The first-order chi connectivity index (χ1) is 11.9. The molecule has 2 amide bonds. The van der Waals surface area contributed by atoms with Crippen molar-refractivity contribution in [3.63, 3.8) is 0 Å². The van der Waals surface area contributed by atoms with Crippen LogP contribution in [0.1, 0.15) is 29.8 Å². The van der Waals surface area contributed by atoms with E-state index >= 15 is 0 Å². The Kier molecular flexibility index (Phi) is 4.19. The Bertz CT molecular complexity index is 918. The normalized spacial score (nSPS) is 13.4. The summed E-state index contributed by atoms with van der Waals surface area (Å²) in [5.74, 6) is -0.694.